The molecule has 0 fully saturated rings. The van der Waals surface area contributed by atoms with Crippen molar-refractivity contribution in [2.24, 2.45) is 0 Å². The van der Waals surface area contributed by atoms with Crippen LogP contribution < -0.4 is 0 Å². The summed E-state index contributed by atoms with van der Waals surface area (Å²) in [6.45, 7) is 5.41. The molecule has 0 unspecified atom stereocenters. The maximum absolute atomic E-state index is 5.16. The molecule has 0 N–H and O–H groups in total. The molecule has 0 aromatic rings. The summed E-state index contributed by atoms with van der Waals surface area (Å²) in [5, 5.41) is 0. The van der Waals surface area contributed by atoms with Crippen LogP contribution in [0.15, 0.2) is 0 Å². The van der Waals surface area contributed by atoms with Gasteiger partial charge in [0.1, 0.15) is 0 Å². The van der Waals surface area contributed by atoms with Crippen LogP contribution in [0.5, 0.6) is 0 Å². The van der Waals surface area contributed by atoms with E-state index in [-0.39, 0.29) is 7.43 Å². The van der Waals surface area contributed by atoms with Crippen LogP contribution in [-0.4, -0.2) is 26.4 Å². The van der Waals surface area contributed by atoms with Crippen LogP contribution >= 0.6 is 0 Å². The zero-order valence-corrected chi connectivity index (χ0v) is 5.81. The third-order valence-electron chi connectivity index (χ3n) is 0.739. The van der Waals surface area contributed by atoms with Crippen molar-refractivity contribution in [2.75, 3.05) is 20.3 Å². The molecule has 0 aromatic heterocycles. The van der Waals surface area contributed by atoms with Crippen molar-refractivity contribution in [2.45, 2.75) is 27.4 Å². The Morgan fingerprint density at radius 3 is 2.11 bits per heavy atom. The Morgan fingerprint density at radius 1 is 1.22 bits per heavy atom. The second-order valence-electron chi connectivity index (χ2n) is 1.91. The van der Waals surface area contributed by atoms with Crippen molar-refractivity contribution in [3.63, 3.8) is 0 Å². The molecule has 0 saturated heterocycles. The quantitative estimate of drug-likeness (QED) is 0.545. The van der Waals surface area contributed by atoms with Crippen LogP contribution in [0.3, 0.4) is 0 Å². The van der Waals surface area contributed by atoms with E-state index >= 15 is 0 Å². The Hall–Kier alpha value is -0.0800. The van der Waals surface area contributed by atoms with Crippen LogP contribution in [0.2, 0.25) is 0 Å². The molecule has 0 saturated carbocycles. The summed E-state index contributed by atoms with van der Waals surface area (Å²) in [5.41, 5.74) is 0. The van der Waals surface area contributed by atoms with Gasteiger partial charge in [-0.25, -0.2) is 0 Å². The highest BCUT2D eigenvalue weighted by Crippen LogP contribution is 1.85. The monoisotopic (exact) mass is 134 g/mol. The molecule has 2 nitrogen and oxygen atoms in total. The van der Waals surface area contributed by atoms with E-state index in [4.69, 9.17) is 9.47 Å². The van der Waals surface area contributed by atoms with Gasteiger partial charge in [0.25, 0.3) is 0 Å². The molecule has 2 heteroatoms. The molecule has 0 aliphatic carbocycles. The van der Waals surface area contributed by atoms with E-state index in [0.29, 0.717) is 19.3 Å². The van der Waals surface area contributed by atoms with Crippen molar-refractivity contribution >= 4 is 0 Å². The number of ether oxygens (including phenoxy) is 2. The minimum absolute atomic E-state index is 0. The van der Waals surface area contributed by atoms with Crippen LogP contribution in [0.4, 0.5) is 0 Å². The minimum atomic E-state index is 0. The molecule has 0 bridgehead atoms. The van der Waals surface area contributed by atoms with Crippen molar-refractivity contribution in [3.05, 3.63) is 0 Å². The first-order chi connectivity index (χ1) is 3.77. The van der Waals surface area contributed by atoms with Gasteiger partial charge in [0.2, 0.25) is 0 Å². The fourth-order valence-electron chi connectivity index (χ4n) is 0.367. The predicted molar refractivity (Wildman–Crippen MR) is 39.7 cm³/mol. The molecule has 9 heavy (non-hydrogen) atoms. The summed E-state index contributed by atoms with van der Waals surface area (Å²) < 4.78 is 9.92. The molecule has 0 amide bonds. The van der Waals surface area contributed by atoms with Crippen molar-refractivity contribution in [3.8, 4) is 0 Å². The number of rotatable bonds is 4. The first-order valence-corrected chi connectivity index (χ1v) is 2.88. The molecule has 0 rings (SSSR count). The van der Waals surface area contributed by atoms with E-state index in [9.17, 15) is 0 Å². The summed E-state index contributed by atoms with van der Waals surface area (Å²) in [6.07, 6.45) is 0.324. The molecule has 0 spiro atoms. The smallest absolute Gasteiger partial charge is 0.0703 e. The lowest BCUT2D eigenvalue weighted by molar-refractivity contribution is 0.0351. The number of hydrogen-bond donors (Lipinski definition) is 0. The van der Waals surface area contributed by atoms with E-state index in [1.165, 1.54) is 0 Å². The van der Waals surface area contributed by atoms with Gasteiger partial charge in [-0.05, 0) is 13.8 Å². The topological polar surface area (TPSA) is 18.5 Å². The van der Waals surface area contributed by atoms with E-state index in [1.54, 1.807) is 7.11 Å². The van der Waals surface area contributed by atoms with Crippen LogP contribution in [0.1, 0.15) is 21.3 Å². The SMILES string of the molecule is C.COCCOC(C)C. The van der Waals surface area contributed by atoms with Gasteiger partial charge < -0.3 is 9.47 Å². The van der Waals surface area contributed by atoms with Gasteiger partial charge in [-0.2, -0.15) is 0 Å². The van der Waals surface area contributed by atoms with Crippen LogP contribution in [0.25, 0.3) is 0 Å². The lowest BCUT2D eigenvalue weighted by Crippen LogP contribution is -2.07. The highest BCUT2D eigenvalue weighted by atomic mass is 16.5. The summed E-state index contributed by atoms with van der Waals surface area (Å²) in [5.74, 6) is 0. The average Bonchev–Trinajstić information content (AvgIpc) is 1.66. The standard InChI is InChI=1S/C6H14O2.CH4/c1-6(2)8-5-4-7-3;/h6H,4-5H2,1-3H3;1H4. The third-order valence-corrected chi connectivity index (χ3v) is 0.739. The van der Waals surface area contributed by atoms with Gasteiger partial charge in [-0.1, -0.05) is 7.43 Å². The normalized spacial score (nSPS) is 9.33. The Bertz CT molecular complexity index is 44.2. The lowest BCUT2D eigenvalue weighted by Gasteiger charge is -2.04. The first kappa shape index (κ1) is 11.7. The first-order valence-electron chi connectivity index (χ1n) is 2.88. The van der Waals surface area contributed by atoms with Gasteiger partial charge in [-0.15, -0.1) is 0 Å². The lowest BCUT2D eigenvalue weighted by atomic mass is 10.5. The Balaban J connectivity index is 0. The average molecular weight is 134 g/mol. The van der Waals surface area contributed by atoms with Gasteiger partial charge in [0.15, 0.2) is 0 Å². The molecular formula is C7H18O2. The Morgan fingerprint density at radius 2 is 1.78 bits per heavy atom. The zero-order valence-electron chi connectivity index (χ0n) is 5.81. The van der Waals surface area contributed by atoms with E-state index in [1.807, 2.05) is 13.8 Å². The summed E-state index contributed by atoms with van der Waals surface area (Å²) in [7, 11) is 1.67. The van der Waals surface area contributed by atoms with E-state index in [0.717, 1.165) is 0 Å². The highest BCUT2D eigenvalue weighted by Gasteiger charge is 1.89. The van der Waals surface area contributed by atoms with E-state index < -0.39 is 0 Å². The fraction of sp³-hybridized carbons (Fsp3) is 1.00. The Labute approximate surface area is 58.2 Å². The molecule has 0 radical (unpaired) electrons. The summed E-state index contributed by atoms with van der Waals surface area (Å²) in [4.78, 5) is 0. The van der Waals surface area contributed by atoms with Crippen molar-refractivity contribution in [1.29, 1.82) is 0 Å². The van der Waals surface area contributed by atoms with Crippen molar-refractivity contribution < 1.29 is 9.47 Å². The second-order valence-corrected chi connectivity index (χ2v) is 1.91. The largest absolute Gasteiger partial charge is 0.382 e. The Kier molecular flexibility index (Phi) is 10.3. The zero-order chi connectivity index (χ0) is 6.41. The third kappa shape index (κ3) is 11.5. The van der Waals surface area contributed by atoms with Gasteiger partial charge in [0.05, 0.1) is 19.3 Å². The molecule has 0 heterocycles. The molecule has 0 aliphatic heterocycles. The molecule has 0 atom stereocenters. The predicted octanol–water partition coefficient (Wildman–Crippen LogP) is 1.69. The molecule has 0 aliphatic rings. The van der Waals surface area contributed by atoms with Crippen molar-refractivity contribution in [1.82, 2.24) is 0 Å². The maximum Gasteiger partial charge on any atom is 0.0703 e. The maximum atomic E-state index is 5.16. The van der Waals surface area contributed by atoms with Gasteiger partial charge in [-0.3, -0.25) is 0 Å². The molecule has 0 aromatic carbocycles. The minimum Gasteiger partial charge on any atom is -0.382 e. The molecule has 58 valence electrons. The molecular weight excluding hydrogens is 116 g/mol. The highest BCUT2D eigenvalue weighted by molar-refractivity contribution is 4.34. The fourth-order valence-corrected chi connectivity index (χ4v) is 0.367. The second kappa shape index (κ2) is 7.92. The summed E-state index contributed by atoms with van der Waals surface area (Å²) >= 11 is 0. The number of methoxy groups -OCH3 is 1. The van der Waals surface area contributed by atoms with Crippen LogP contribution in [0, 0.1) is 0 Å². The summed E-state index contributed by atoms with van der Waals surface area (Å²) in [6, 6.07) is 0. The van der Waals surface area contributed by atoms with Gasteiger partial charge >= 0.3 is 0 Å². The number of hydrogen-bond acceptors (Lipinski definition) is 2. The van der Waals surface area contributed by atoms with Gasteiger partial charge in [0, 0.05) is 7.11 Å². The van der Waals surface area contributed by atoms with Crippen LogP contribution in [-0.2, 0) is 9.47 Å². The van der Waals surface area contributed by atoms with E-state index in [2.05, 4.69) is 0 Å².